The van der Waals surface area contributed by atoms with Gasteiger partial charge in [-0.15, -0.1) is 5.92 Å². The molecule has 0 radical (unpaired) electrons. The molecular formula is C12H12. The third-order valence-electron chi connectivity index (χ3n) is 1.64. The molecule has 1 aromatic carbocycles. The molecular weight excluding hydrogens is 144 g/mol. The predicted molar refractivity (Wildman–Crippen MR) is 53.7 cm³/mol. The summed E-state index contributed by atoms with van der Waals surface area (Å²) in [5.74, 6) is 5.78. The second kappa shape index (κ2) is 3.78. The van der Waals surface area contributed by atoms with Gasteiger partial charge in [0.1, 0.15) is 0 Å². The van der Waals surface area contributed by atoms with Gasteiger partial charge in [0.2, 0.25) is 0 Å². The molecule has 0 aliphatic heterocycles. The smallest absolute Gasteiger partial charge is 0.0245 e. The van der Waals surface area contributed by atoms with Crippen LogP contribution in [-0.4, -0.2) is 0 Å². The lowest BCUT2D eigenvalue weighted by Gasteiger charge is -1.98. The molecule has 0 aromatic heterocycles. The fraction of sp³-hybridized carbons (Fsp3) is 0.167. The maximum absolute atomic E-state index is 3.88. The second-order valence-electron chi connectivity index (χ2n) is 2.72. The maximum Gasteiger partial charge on any atom is 0.0245 e. The predicted octanol–water partition coefficient (Wildman–Crippen LogP) is 3.03. The molecule has 0 unspecified atom stereocenters. The molecule has 0 aliphatic carbocycles. The first-order valence-corrected chi connectivity index (χ1v) is 3.92. The fourth-order valence-corrected chi connectivity index (χ4v) is 1.06. The molecule has 0 heteroatoms. The highest BCUT2D eigenvalue weighted by atomic mass is 14.0. The molecule has 0 saturated carbocycles. The molecule has 12 heavy (non-hydrogen) atoms. The lowest BCUT2D eigenvalue weighted by molar-refractivity contribution is 1.45. The summed E-state index contributed by atoms with van der Waals surface area (Å²) in [4.78, 5) is 0. The Labute approximate surface area is 73.9 Å². The van der Waals surface area contributed by atoms with E-state index in [1.807, 2.05) is 19.1 Å². The van der Waals surface area contributed by atoms with Crippen molar-refractivity contribution in [3.63, 3.8) is 0 Å². The van der Waals surface area contributed by atoms with Crippen molar-refractivity contribution >= 4 is 5.57 Å². The van der Waals surface area contributed by atoms with Crippen LogP contribution in [0.2, 0.25) is 0 Å². The van der Waals surface area contributed by atoms with Crippen molar-refractivity contribution in [2.24, 2.45) is 0 Å². The molecule has 0 saturated heterocycles. The Balaban J connectivity index is 3.01. The van der Waals surface area contributed by atoms with Crippen molar-refractivity contribution in [3.05, 3.63) is 42.0 Å². The van der Waals surface area contributed by atoms with Crippen LogP contribution in [0.1, 0.15) is 18.1 Å². The van der Waals surface area contributed by atoms with Crippen molar-refractivity contribution in [1.82, 2.24) is 0 Å². The van der Waals surface area contributed by atoms with Gasteiger partial charge in [0.15, 0.2) is 0 Å². The summed E-state index contributed by atoms with van der Waals surface area (Å²) in [5, 5.41) is 0. The van der Waals surface area contributed by atoms with Crippen LogP contribution in [0.4, 0.5) is 0 Å². The zero-order chi connectivity index (χ0) is 8.97. The molecule has 0 nitrogen and oxygen atoms in total. The van der Waals surface area contributed by atoms with Gasteiger partial charge in [0.05, 0.1) is 0 Å². The Kier molecular flexibility index (Phi) is 2.71. The molecule has 0 bridgehead atoms. The highest BCUT2D eigenvalue weighted by molar-refractivity contribution is 5.76. The number of benzene rings is 1. The van der Waals surface area contributed by atoms with E-state index in [9.17, 15) is 0 Å². The van der Waals surface area contributed by atoms with Crippen LogP contribution >= 0.6 is 0 Å². The van der Waals surface area contributed by atoms with E-state index in [4.69, 9.17) is 0 Å². The summed E-state index contributed by atoms with van der Waals surface area (Å²) in [6.45, 7) is 7.77. The third-order valence-corrected chi connectivity index (χ3v) is 1.64. The van der Waals surface area contributed by atoms with Crippen molar-refractivity contribution in [3.8, 4) is 11.8 Å². The highest BCUT2D eigenvalue weighted by Gasteiger charge is 1.93. The van der Waals surface area contributed by atoms with E-state index < -0.39 is 0 Å². The van der Waals surface area contributed by atoms with E-state index in [2.05, 4.69) is 37.5 Å². The Morgan fingerprint density at radius 2 is 2.17 bits per heavy atom. The fourth-order valence-electron chi connectivity index (χ4n) is 1.06. The Bertz CT molecular complexity index is 348. The number of hydrogen-bond acceptors (Lipinski definition) is 0. The summed E-state index contributed by atoms with van der Waals surface area (Å²) in [6.07, 6.45) is 0. The standard InChI is InChI=1S/C12H12/c1-4-6-11(3)12-8-5-7-10(2)9-12/h5,7-9H,3H2,1-2H3. The second-order valence-corrected chi connectivity index (χ2v) is 2.72. The molecule has 60 valence electrons. The summed E-state index contributed by atoms with van der Waals surface area (Å²) < 4.78 is 0. The SMILES string of the molecule is C=C(C#CC)c1cccc(C)c1. The quantitative estimate of drug-likeness (QED) is 0.548. The highest BCUT2D eigenvalue weighted by Crippen LogP contribution is 2.12. The van der Waals surface area contributed by atoms with Gasteiger partial charge in [-0.05, 0) is 19.4 Å². The molecule has 1 rings (SSSR count). The van der Waals surface area contributed by atoms with Crippen LogP contribution in [0, 0.1) is 18.8 Å². The largest absolute Gasteiger partial charge is 0.101 e. The first-order valence-electron chi connectivity index (χ1n) is 3.92. The molecule has 0 aliphatic rings. The molecule has 0 spiro atoms. The molecule has 1 aromatic rings. The Hall–Kier alpha value is -1.48. The lowest BCUT2D eigenvalue weighted by atomic mass is 10.1. The van der Waals surface area contributed by atoms with Crippen LogP contribution in [-0.2, 0) is 0 Å². The molecule has 0 heterocycles. The average molecular weight is 156 g/mol. The molecule has 0 N–H and O–H groups in total. The summed E-state index contributed by atoms with van der Waals surface area (Å²) in [7, 11) is 0. The first kappa shape index (κ1) is 8.62. The van der Waals surface area contributed by atoms with E-state index in [1.54, 1.807) is 0 Å². The van der Waals surface area contributed by atoms with Gasteiger partial charge in [-0.2, -0.15) is 0 Å². The Morgan fingerprint density at radius 1 is 1.42 bits per heavy atom. The first-order chi connectivity index (χ1) is 5.74. The van der Waals surface area contributed by atoms with Crippen LogP contribution in [0.5, 0.6) is 0 Å². The van der Waals surface area contributed by atoms with Crippen LogP contribution in [0.25, 0.3) is 5.57 Å². The molecule has 0 amide bonds. The van der Waals surface area contributed by atoms with E-state index in [0.717, 1.165) is 11.1 Å². The van der Waals surface area contributed by atoms with E-state index in [0.29, 0.717) is 0 Å². The van der Waals surface area contributed by atoms with Crippen LogP contribution in [0.3, 0.4) is 0 Å². The van der Waals surface area contributed by atoms with Crippen LogP contribution < -0.4 is 0 Å². The monoisotopic (exact) mass is 156 g/mol. The summed E-state index contributed by atoms with van der Waals surface area (Å²) in [5.41, 5.74) is 3.25. The minimum atomic E-state index is 0.890. The zero-order valence-electron chi connectivity index (χ0n) is 7.52. The zero-order valence-corrected chi connectivity index (χ0v) is 7.52. The van der Waals surface area contributed by atoms with Crippen molar-refractivity contribution in [2.45, 2.75) is 13.8 Å². The lowest BCUT2D eigenvalue weighted by Crippen LogP contribution is -1.80. The molecule has 0 fully saturated rings. The van der Waals surface area contributed by atoms with Crippen molar-refractivity contribution in [2.75, 3.05) is 0 Å². The van der Waals surface area contributed by atoms with Gasteiger partial charge < -0.3 is 0 Å². The number of rotatable bonds is 1. The van der Waals surface area contributed by atoms with E-state index in [-0.39, 0.29) is 0 Å². The van der Waals surface area contributed by atoms with Gasteiger partial charge in [0.25, 0.3) is 0 Å². The number of hydrogen-bond donors (Lipinski definition) is 0. The van der Waals surface area contributed by atoms with Crippen LogP contribution in [0.15, 0.2) is 30.8 Å². The normalized spacial score (nSPS) is 8.50. The summed E-state index contributed by atoms with van der Waals surface area (Å²) >= 11 is 0. The van der Waals surface area contributed by atoms with Gasteiger partial charge in [-0.1, -0.05) is 42.3 Å². The van der Waals surface area contributed by atoms with Gasteiger partial charge >= 0.3 is 0 Å². The Morgan fingerprint density at radius 3 is 2.75 bits per heavy atom. The van der Waals surface area contributed by atoms with E-state index >= 15 is 0 Å². The maximum atomic E-state index is 3.88. The van der Waals surface area contributed by atoms with Crippen molar-refractivity contribution in [1.29, 1.82) is 0 Å². The number of allylic oxidation sites excluding steroid dienone is 1. The summed E-state index contributed by atoms with van der Waals surface area (Å²) in [6, 6.07) is 8.20. The van der Waals surface area contributed by atoms with Gasteiger partial charge in [-0.25, -0.2) is 0 Å². The van der Waals surface area contributed by atoms with Crippen molar-refractivity contribution < 1.29 is 0 Å². The topological polar surface area (TPSA) is 0 Å². The van der Waals surface area contributed by atoms with Gasteiger partial charge in [0, 0.05) is 5.57 Å². The number of aryl methyl sites for hydroxylation is 1. The third kappa shape index (κ3) is 2.00. The molecule has 0 atom stereocenters. The van der Waals surface area contributed by atoms with Gasteiger partial charge in [-0.3, -0.25) is 0 Å². The minimum absolute atomic E-state index is 0.890. The van der Waals surface area contributed by atoms with E-state index in [1.165, 1.54) is 5.56 Å². The minimum Gasteiger partial charge on any atom is -0.101 e. The average Bonchev–Trinajstić information content (AvgIpc) is 2.05.